The molecule has 0 spiro atoms. The Balaban J connectivity index is 1.84. The van der Waals surface area contributed by atoms with Gasteiger partial charge in [-0.25, -0.2) is 14.5 Å². The molecule has 1 aliphatic rings. The van der Waals surface area contributed by atoms with E-state index in [4.69, 9.17) is 4.74 Å². The van der Waals surface area contributed by atoms with Gasteiger partial charge in [-0.2, -0.15) is 0 Å². The molecule has 0 aromatic heterocycles. The van der Waals surface area contributed by atoms with Crippen LogP contribution in [0.4, 0.5) is 4.79 Å². The summed E-state index contributed by atoms with van der Waals surface area (Å²) >= 11 is 0. The van der Waals surface area contributed by atoms with Gasteiger partial charge in [0.15, 0.2) is 6.23 Å². The number of aromatic carboxylic acids is 1. The predicted molar refractivity (Wildman–Crippen MR) is 116 cm³/mol. The Hall–Kier alpha value is -3.35. The van der Waals surface area contributed by atoms with Crippen LogP contribution in [0.2, 0.25) is 0 Å². The summed E-state index contributed by atoms with van der Waals surface area (Å²) in [6.45, 7) is 7.51. The van der Waals surface area contributed by atoms with Crippen molar-refractivity contribution in [3.63, 3.8) is 0 Å². The first-order valence-electron chi connectivity index (χ1n) is 10.4. The first-order chi connectivity index (χ1) is 14.7. The molecule has 3 amide bonds. The van der Waals surface area contributed by atoms with Gasteiger partial charge in [0.25, 0.3) is 0 Å². The maximum Gasteiger partial charge on any atom is 0.336 e. The van der Waals surface area contributed by atoms with Crippen LogP contribution in [-0.4, -0.2) is 34.1 Å². The Morgan fingerprint density at radius 1 is 1.10 bits per heavy atom. The summed E-state index contributed by atoms with van der Waals surface area (Å²) in [5.41, 5.74) is 1.48. The molecule has 2 N–H and O–H groups in total. The number of carbonyl (C=O) groups excluding carboxylic acids is 2. The first kappa shape index (κ1) is 22.3. The molecule has 0 aliphatic carbocycles. The average molecular weight is 424 g/mol. The summed E-state index contributed by atoms with van der Waals surface area (Å²) in [5, 5.41) is 12.2. The molecule has 1 fully saturated rings. The number of benzene rings is 2. The van der Waals surface area contributed by atoms with Gasteiger partial charge in [-0.05, 0) is 55.5 Å². The zero-order valence-electron chi connectivity index (χ0n) is 18.3. The summed E-state index contributed by atoms with van der Waals surface area (Å²) < 4.78 is 6.15. The molecule has 0 bridgehead atoms. The zero-order chi connectivity index (χ0) is 22.8. The van der Waals surface area contributed by atoms with Gasteiger partial charge in [0, 0.05) is 6.54 Å². The van der Waals surface area contributed by atoms with Crippen molar-refractivity contribution < 1.29 is 24.2 Å². The zero-order valence-corrected chi connectivity index (χ0v) is 18.3. The molecule has 1 atom stereocenters. The Morgan fingerprint density at radius 2 is 1.68 bits per heavy atom. The lowest BCUT2D eigenvalue weighted by atomic mass is 9.72. The fourth-order valence-corrected chi connectivity index (χ4v) is 4.22. The highest BCUT2D eigenvalue weighted by Gasteiger charge is 2.62. The number of rotatable bonds is 7. The maximum atomic E-state index is 13.0. The summed E-state index contributed by atoms with van der Waals surface area (Å²) in [7, 11) is 0. The number of imide groups is 1. The minimum Gasteiger partial charge on any atom is -0.478 e. The summed E-state index contributed by atoms with van der Waals surface area (Å²) in [4.78, 5) is 38.4. The van der Waals surface area contributed by atoms with E-state index in [1.165, 1.54) is 0 Å². The van der Waals surface area contributed by atoms with Crippen LogP contribution < -0.4 is 10.1 Å². The standard InChI is InChI=1S/C24H28N2O5/c1-5-24(6-2)21(29)26(23(30)25-14-17-10-8-7-9-11-17)22(24)31-18-12-15(3)19(20(27)28)16(4)13-18/h7-13,22H,5-6,14H2,1-4H3,(H,25,30)(H,27,28). The lowest BCUT2D eigenvalue weighted by Crippen LogP contribution is -2.73. The number of carboxylic acid groups (broad SMARTS) is 1. The number of nitrogens with zero attached hydrogens (tertiary/aromatic N) is 1. The highest BCUT2D eigenvalue weighted by molar-refractivity contribution is 6.03. The molecule has 7 heteroatoms. The van der Waals surface area contributed by atoms with Gasteiger partial charge in [-0.3, -0.25) is 4.79 Å². The van der Waals surface area contributed by atoms with E-state index in [2.05, 4.69) is 5.32 Å². The Bertz CT molecular complexity index is 975. The van der Waals surface area contributed by atoms with E-state index >= 15 is 0 Å². The molecular formula is C24H28N2O5. The molecule has 0 radical (unpaired) electrons. The number of nitrogens with one attached hydrogen (secondary N) is 1. The quantitative estimate of drug-likeness (QED) is 0.648. The summed E-state index contributed by atoms with van der Waals surface area (Å²) in [5.74, 6) is -0.827. The van der Waals surface area contributed by atoms with Crippen LogP contribution in [0.5, 0.6) is 5.75 Å². The average Bonchev–Trinajstić information content (AvgIpc) is 2.73. The van der Waals surface area contributed by atoms with Gasteiger partial charge in [-0.1, -0.05) is 44.2 Å². The molecule has 3 rings (SSSR count). The molecule has 7 nitrogen and oxygen atoms in total. The van der Waals surface area contributed by atoms with Crippen LogP contribution >= 0.6 is 0 Å². The van der Waals surface area contributed by atoms with Crippen molar-refractivity contribution in [2.45, 2.75) is 53.3 Å². The maximum absolute atomic E-state index is 13.0. The van der Waals surface area contributed by atoms with Crippen LogP contribution in [-0.2, 0) is 11.3 Å². The molecule has 164 valence electrons. The molecule has 2 aromatic rings. The lowest BCUT2D eigenvalue weighted by molar-refractivity contribution is -0.190. The molecule has 0 saturated carbocycles. The lowest BCUT2D eigenvalue weighted by Gasteiger charge is -2.53. The third kappa shape index (κ3) is 4.00. The van der Waals surface area contributed by atoms with Gasteiger partial charge in [0.1, 0.15) is 11.2 Å². The van der Waals surface area contributed by atoms with E-state index < -0.39 is 23.6 Å². The first-order valence-corrected chi connectivity index (χ1v) is 10.4. The smallest absolute Gasteiger partial charge is 0.336 e. The molecule has 1 aliphatic heterocycles. The van der Waals surface area contributed by atoms with Crippen LogP contribution in [0, 0.1) is 19.3 Å². The fraction of sp³-hybridized carbons (Fsp3) is 0.375. The molecule has 1 saturated heterocycles. The highest BCUT2D eigenvalue weighted by Crippen LogP contribution is 2.46. The fourth-order valence-electron chi connectivity index (χ4n) is 4.22. The van der Waals surface area contributed by atoms with E-state index in [0.29, 0.717) is 36.3 Å². The van der Waals surface area contributed by atoms with Gasteiger partial charge >= 0.3 is 12.0 Å². The Morgan fingerprint density at radius 3 is 2.19 bits per heavy atom. The number of ether oxygens (including phenoxy) is 1. The number of likely N-dealkylation sites (tertiary alicyclic amines) is 1. The number of carboxylic acids is 1. The highest BCUT2D eigenvalue weighted by atomic mass is 16.5. The van der Waals surface area contributed by atoms with E-state index in [-0.39, 0.29) is 11.5 Å². The van der Waals surface area contributed by atoms with E-state index in [0.717, 1.165) is 10.5 Å². The molecule has 1 heterocycles. The second-order valence-electron chi connectivity index (χ2n) is 7.89. The predicted octanol–water partition coefficient (Wildman–Crippen LogP) is 4.26. The number of hydrogen-bond acceptors (Lipinski definition) is 4. The minimum absolute atomic E-state index is 0.228. The largest absolute Gasteiger partial charge is 0.478 e. The van der Waals surface area contributed by atoms with Crippen molar-refractivity contribution >= 4 is 17.9 Å². The van der Waals surface area contributed by atoms with Crippen molar-refractivity contribution in [1.82, 2.24) is 10.2 Å². The van der Waals surface area contributed by atoms with Crippen LogP contribution in [0.1, 0.15) is 53.7 Å². The van der Waals surface area contributed by atoms with Crippen molar-refractivity contribution in [3.05, 3.63) is 64.7 Å². The third-order valence-corrected chi connectivity index (χ3v) is 6.09. The van der Waals surface area contributed by atoms with Crippen LogP contribution in [0.15, 0.2) is 42.5 Å². The normalized spacial score (nSPS) is 17.1. The Labute approximate surface area is 182 Å². The third-order valence-electron chi connectivity index (χ3n) is 6.09. The number of urea groups is 1. The van der Waals surface area contributed by atoms with E-state index in [1.54, 1.807) is 26.0 Å². The molecular weight excluding hydrogens is 396 g/mol. The van der Waals surface area contributed by atoms with Gasteiger partial charge in [-0.15, -0.1) is 0 Å². The van der Waals surface area contributed by atoms with Gasteiger partial charge < -0.3 is 15.2 Å². The van der Waals surface area contributed by atoms with Crippen molar-refractivity contribution in [1.29, 1.82) is 0 Å². The van der Waals surface area contributed by atoms with Gasteiger partial charge in [0.2, 0.25) is 5.91 Å². The van der Waals surface area contributed by atoms with Crippen molar-refractivity contribution in [2.24, 2.45) is 5.41 Å². The minimum atomic E-state index is -1.00. The molecule has 1 unspecified atom stereocenters. The number of β-lactam (4-membered cyclic amide) rings is 1. The second kappa shape index (κ2) is 8.79. The number of hydrogen-bond donors (Lipinski definition) is 2. The number of aryl methyl sites for hydroxylation is 2. The molecule has 31 heavy (non-hydrogen) atoms. The number of carbonyl (C=O) groups is 3. The Kier molecular flexibility index (Phi) is 6.34. The van der Waals surface area contributed by atoms with Crippen molar-refractivity contribution in [2.75, 3.05) is 0 Å². The summed E-state index contributed by atoms with van der Waals surface area (Å²) in [6.07, 6.45) is 0.293. The monoisotopic (exact) mass is 424 g/mol. The van der Waals surface area contributed by atoms with E-state index in [9.17, 15) is 19.5 Å². The summed E-state index contributed by atoms with van der Waals surface area (Å²) in [6, 6.07) is 12.2. The SMILES string of the molecule is CCC1(CC)C(=O)N(C(=O)NCc2ccccc2)C1Oc1cc(C)c(C(=O)O)c(C)c1. The van der Waals surface area contributed by atoms with Crippen LogP contribution in [0.25, 0.3) is 0 Å². The topological polar surface area (TPSA) is 95.9 Å². The molecule has 2 aromatic carbocycles. The van der Waals surface area contributed by atoms with Crippen molar-refractivity contribution in [3.8, 4) is 5.75 Å². The van der Waals surface area contributed by atoms with Crippen LogP contribution in [0.3, 0.4) is 0 Å². The second-order valence-corrected chi connectivity index (χ2v) is 7.89. The van der Waals surface area contributed by atoms with E-state index in [1.807, 2.05) is 44.2 Å². The van der Waals surface area contributed by atoms with Gasteiger partial charge in [0.05, 0.1) is 5.56 Å². The number of amides is 3.